The summed E-state index contributed by atoms with van der Waals surface area (Å²) in [7, 11) is 4.33. The number of nitrogens with one attached hydrogen (secondary N) is 1. The van der Waals surface area contributed by atoms with Gasteiger partial charge in [0.15, 0.2) is 0 Å². The molecule has 1 N–H and O–H groups in total. The number of hydrogen-bond acceptors (Lipinski definition) is 6. The topological polar surface area (TPSA) is 90.0 Å². The Balaban J connectivity index is 2.13. The van der Waals surface area contributed by atoms with Gasteiger partial charge in [-0.15, -0.1) is 0 Å². The zero-order valence-electron chi connectivity index (χ0n) is 15.2. The zero-order valence-corrected chi connectivity index (χ0v) is 15.2. The maximum atomic E-state index is 15.1. The first-order valence-corrected chi connectivity index (χ1v) is 8.29. The molecular formula is C17H24FN3O5. The highest BCUT2D eigenvalue weighted by molar-refractivity contribution is 5.97. The molecule has 1 unspecified atom stereocenters. The Morgan fingerprint density at radius 2 is 2.08 bits per heavy atom. The van der Waals surface area contributed by atoms with Crippen molar-refractivity contribution in [1.29, 1.82) is 0 Å². The number of halogens is 1. The van der Waals surface area contributed by atoms with Gasteiger partial charge in [0, 0.05) is 26.3 Å². The summed E-state index contributed by atoms with van der Waals surface area (Å²) in [5.41, 5.74) is -1.94. The van der Waals surface area contributed by atoms with Gasteiger partial charge in [0.05, 0.1) is 27.4 Å². The highest BCUT2D eigenvalue weighted by Gasteiger charge is 2.44. The molecule has 1 fully saturated rings. The largest absolute Gasteiger partial charge is 0.481 e. The summed E-state index contributed by atoms with van der Waals surface area (Å²) < 4.78 is 30.1. The lowest BCUT2D eigenvalue weighted by molar-refractivity contribution is -0.136. The molecule has 1 aromatic heterocycles. The second-order valence-corrected chi connectivity index (χ2v) is 5.95. The molecule has 0 bridgehead atoms. The average molecular weight is 369 g/mol. The maximum absolute atomic E-state index is 15.1. The van der Waals surface area contributed by atoms with E-state index in [-0.39, 0.29) is 31.0 Å². The minimum atomic E-state index is -2.13. The van der Waals surface area contributed by atoms with Crippen LogP contribution in [0.25, 0.3) is 0 Å². The lowest BCUT2D eigenvalue weighted by atomic mass is 9.93. The Bertz CT molecular complexity index is 657. The van der Waals surface area contributed by atoms with Crippen molar-refractivity contribution in [3.05, 3.63) is 17.7 Å². The van der Waals surface area contributed by atoms with Gasteiger partial charge in [0.2, 0.25) is 17.4 Å². The minimum absolute atomic E-state index is 0.0631. The van der Waals surface area contributed by atoms with Crippen LogP contribution in [0.4, 0.5) is 4.39 Å². The molecule has 1 aromatic rings. The van der Waals surface area contributed by atoms with Gasteiger partial charge in [-0.05, 0) is 18.9 Å². The molecule has 0 saturated carbocycles. The summed E-state index contributed by atoms with van der Waals surface area (Å²) in [5.74, 6) is -0.779. The molecule has 8 nitrogen and oxygen atoms in total. The van der Waals surface area contributed by atoms with Gasteiger partial charge in [-0.2, -0.15) is 4.98 Å². The number of methoxy groups -OCH3 is 3. The molecule has 144 valence electrons. The number of aromatic nitrogens is 1. The smallest absolute Gasteiger partial charge is 0.259 e. The molecule has 2 rings (SSSR count). The van der Waals surface area contributed by atoms with E-state index in [4.69, 9.17) is 14.2 Å². The van der Waals surface area contributed by atoms with Gasteiger partial charge < -0.3 is 24.4 Å². The van der Waals surface area contributed by atoms with Gasteiger partial charge in [-0.3, -0.25) is 9.59 Å². The molecule has 9 heteroatoms. The summed E-state index contributed by atoms with van der Waals surface area (Å²) in [5, 5.41) is 2.50. The number of likely N-dealkylation sites (tertiary alicyclic amines) is 1. The van der Waals surface area contributed by atoms with Crippen molar-refractivity contribution >= 4 is 11.8 Å². The normalized spacial score (nSPS) is 19.8. The van der Waals surface area contributed by atoms with Gasteiger partial charge in [0.25, 0.3) is 11.8 Å². The lowest BCUT2D eigenvalue weighted by Crippen LogP contribution is -2.56. The standard InChI is InChI=1S/C17H24FN3O5/c1-24-10-8-19-16(23)17(18)7-4-9-21(11-17)15(22)12-5-6-13(25-2)20-14(12)26-3/h5-6H,4,7-11H2,1-3H3,(H,19,23). The summed E-state index contributed by atoms with van der Waals surface area (Å²) in [6.07, 6.45) is 0.444. The van der Waals surface area contributed by atoms with Crippen LogP contribution >= 0.6 is 0 Å². The van der Waals surface area contributed by atoms with Crippen LogP contribution in [0.5, 0.6) is 11.8 Å². The van der Waals surface area contributed by atoms with Crippen LogP contribution in [0.3, 0.4) is 0 Å². The minimum Gasteiger partial charge on any atom is -0.481 e. The Hall–Kier alpha value is -2.42. The second-order valence-electron chi connectivity index (χ2n) is 5.95. The Morgan fingerprint density at radius 1 is 1.31 bits per heavy atom. The van der Waals surface area contributed by atoms with Crippen molar-refractivity contribution in [1.82, 2.24) is 15.2 Å². The third-order valence-electron chi connectivity index (χ3n) is 4.20. The Labute approximate surface area is 151 Å². The molecule has 1 atom stereocenters. The quantitative estimate of drug-likeness (QED) is 0.716. The zero-order chi connectivity index (χ0) is 19.2. The van der Waals surface area contributed by atoms with Gasteiger partial charge in [-0.1, -0.05) is 0 Å². The number of carbonyl (C=O) groups is 2. The molecule has 0 aromatic carbocycles. The number of alkyl halides is 1. The maximum Gasteiger partial charge on any atom is 0.259 e. The highest BCUT2D eigenvalue weighted by Crippen LogP contribution is 2.29. The molecule has 26 heavy (non-hydrogen) atoms. The summed E-state index contributed by atoms with van der Waals surface area (Å²) in [4.78, 5) is 30.3. The fourth-order valence-electron chi connectivity index (χ4n) is 2.82. The van der Waals surface area contributed by atoms with Crippen molar-refractivity contribution in [2.45, 2.75) is 18.5 Å². The monoisotopic (exact) mass is 369 g/mol. The first-order valence-electron chi connectivity index (χ1n) is 8.29. The molecule has 0 radical (unpaired) electrons. The highest BCUT2D eigenvalue weighted by atomic mass is 19.1. The van der Waals surface area contributed by atoms with Crippen LogP contribution in [0.2, 0.25) is 0 Å². The fraction of sp³-hybridized carbons (Fsp3) is 0.588. The van der Waals surface area contributed by atoms with Crippen molar-refractivity contribution in [3.8, 4) is 11.8 Å². The van der Waals surface area contributed by atoms with E-state index in [2.05, 4.69) is 10.3 Å². The van der Waals surface area contributed by atoms with E-state index in [0.29, 0.717) is 25.5 Å². The lowest BCUT2D eigenvalue weighted by Gasteiger charge is -2.36. The number of hydrogen-bond donors (Lipinski definition) is 1. The number of amides is 2. The molecule has 1 aliphatic heterocycles. The SMILES string of the molecule is COCCNC(=O)C1(F)CCCN(C(=O)c2ccc(OC)nc2OC)C1. The van der Waals surface area contributed by atoms with Crippen molar-refractivity contribution in [2.24, 2.45) is 0 Å². The van der Waals surface area contributed by atoms with E-state index >= 15 is 4.39 Å². The first kappa shape index (κ1) is 19.9. The van der Waals surface area contributed by atoms with E-state index in [9.17, 15) is 9.59 Å². The van der Waals surface area contributed by atoms with Crippen LogP contribution in [0.15, 0.2) is 12.1 Å². The summed E-state index contributed by atoms with van der Waals surface area (Å²) in [6, 6.07) is 3.04. The van der Waals surface area contributed by atoms with Crippen LogP contribution < -0.4 is 14.8 Å². The summed E-state index contributed by atoms with van der Waals surface area (Å²) >= 11 is 0. The van der Waals surface area contributed by atoms with Crippen molar-refractivity contribution in [2.75, 3.05) is 47.6 Å². The molecular weight excluding hydrogens is 345 g/mol. The van der Waals surface area contributed by atoms with Gasteiger partial charge >= 0.3 is 0 Å². The van der Waals surface area contributed by atoms with Crippen molar-refractivity contribution in [3.63, 3.8) is 0 Å². The van der Waals surface area contributed by atoms with E-state index in [0.717, 1.165) is 0 Å². The summed E-state index contributed by atoms with van der Waals surface area (Å²) in [6.45, 7) is 0.537. The number of nitrogens with zero attached hydrogens (tertiary/aromatic N) is 2. The third kappa shape index (κ3) is 4.40. The molecule has 0 spiro atoms. The van der Waals surface area contributed by atoms with E-state index in [1.165, 1.54) is 38.4 Å². The average Bonchev–Trinajstić information content (AvgIpc) is 2.67. The Morgan fingerprint density at radius 3 is 2.73 bits per heavy atom. The molecule has 1 aliphatic rings. The van der Waals surface area contributed by atoms with Gasteiger partial charge in [-0.25, -0.2) is 4.39 Å². The molecule has 0 aliphatic carbocycles. The predicted molar refractivity (Wildman–Crippen MR) is 91.2 cm³/mol. The number of carbonyl (C=O) groups excluding carboxylic acids is 2. The molecule has 1 saturated heterocycles. The van der Waals surface area contributed by atoms with Crippen LogP contribution in [-0.2, 0) is 9.53 Å². The number of ether oxygens (including phenoxy) is 3. The fourth-order valence-corrected chi connectivity index (χ4v) is 2.82. The van der Waals surface area contributed by atoms with Crippen LogP contribution in [-0.4, -0.2) is 74.9 Å². The number of piperidine rings is 1. The van der Waals surface area contributed by atoms with E-state index in [1.54, 1.807) is 0 Å². The van der Waals surface area contributed by atoms with E-state index in [1.807, 2.05) is 0 Å². The van der Waals surface area contributed by atoms with Gasteiger partial charge in [0.1, 0.15) is 5.56 Å². The van der Waals surface area contributed by atoms with E-state index < -0.39 is 17.5 Å². The van der Waals surface area contributed by atoms with Crippen molar-refractivity contribution < 1.29 is 28.2 Å². The molecule has 2 heterocycles. The molecule has 2 amide bonds. The van der Waals surface area contributed by atoms with Crippen LogP contribution in [0, 0.1) is 0 Å². The predicted octanol–water partition coefficient (Wildman–Crippen LogP) is 0.806. The third-order valence-corrected chi connectivity index (χ3v) is 4.20. The number of rotatable bonds is 7. The van der Waals surface area contributed by atoms with Crippen LogP contribution in [0.1, 0.15) is 23.2 Å². The number of pyridine rings is 1. The second kappa shape index (κ2) is 8.79. The first-order chi connectivity index (χ1) is 12.4. The Kier molecular flexibility index (Phi) is 6.73.